The van der Waals surface area contributed by atoms with Crippen LogP contribution < -0.4 is 9.62 Å². The summed E-state index contributed by atoms with van der Waals surface area (Å²) in [5.41, 5.74) is 1.61. The van der Waals surface area contributed by atoms with Gasteiger partial charge in [0.05, 0.1) is 11.9 Å². The van der Waals surface area contributed by atoms with Gasteiger partial charge >= 0.3 is 0 Å². The molecule has 0 radical (unpaired) electrons. The molecule has 0 aliphatic carbocycles. The van der Waals surface area contributed by atoms with Crippen LogP contribution in [0, 0.1) is 5.82 Å². The molecular formula is C30H35ClFN3O4S. The van der Waals surface area contributed by atoms with E-state index in [0.717, 1.165) is 21.7 Å². The van der Waals surface area contributed by atoms with Crippen LogP contribution in [-0.4, -0.2) is 50.0 Å². The number of halogens is 2. The van der Waals surface area contributed by atoms with E-state index in [4.69, 9.17) is 11.6 Å². The Morgan fingerprint density at radius 2 is 1.55 bits per heavy atom. The first-order valence-electron chi connectivity index (χ1n) is 13.1. The number of hydrogen-bond acceptors (Lipinski definition) is 4. The maximum atomic E-state index is 14.4. The van der Waals surface area contributed by atoms with Gasteiger partial charge in [-0.25, -0.2) is 12.8 Å². The fourth-order valence-electron chi connectivity index (χ4n) is 4.36. The van der Waals surface area contributed by atoms with Crippen LogP contribution in [0.1, 0.15) is 37.8 Å². The van der Waals surface area contributed by atoms with Gasteiger partial charge in [0, 0.05) is 37.0 Å². The number of carbonyl (C=O) groups is 2. The third-order valence-electron chi connectivity index (χ3n) is 6.24. The normalized spacial score (nSPS) is 12.2. The van der Waals surface area contributed by atoms with E-state index in [9.17, 15) is 22.4 Å². The fourth-order valence-corrected chi connectivity index (χ4v) is 5.45. The van der Waals surface area contributed by atoms with Gasteiger partial charge in [-0.3, -0.25) is 13.9 Å². The quantitative estimate of drug-likeness (QED) is 0.298. The second-order valence-electron chi connectivity index (χ2n) is 9.91. The van der Waals surface area contributed by atoms with Crippen molar-refractivity contribution in [2.75, 3.05) is 17.1 Å². The molecule has 1 atom stereocenters. The summed E-state index contributed by atoms with van der Waals surface area (Å²) >= 11 is 6.06. The smallest absolute Gasteiger partial charge is 0.243 e. The topological polar surface area (TPSA) is 86.8 Å². The van der Waals surface area contributed by atoms with Crippen LogP contribution in [0.15, 0.2) is 78.9 Å². The molecule has 0 saturated heterocycles. The van der Waals surface area contributed by atoms with E-state index in [2.05, 4.69) is 5.32 Å². The number of carbonyl (C=O) groups excluding carboxylic acids is 2. The number of sulfonamides is 1. The number of rotatable bonds is 13. The molecule has 214 valence electrons. The van der Waals surface area contributed by atoms with Gasteiger partial charge < -0.3 is 10.2 Å². The molecule has 0 aromatic heterocycles. The average Bonchev–Trinajstić information content (AvgIpc) is 2.89. The predicted octanol–water partition coefficient (Wildman–Crippen LogP) is 5.19. The zero-order valence-electron chi connectivity index (χ0n) is 22.9. The van der Waals surface area contributed by atoms with E-state index < -0.39 is 21.9 Å². The van der Waals surface area contributed by atoms with Gasteiger partial charge in [-0.05, 0) is 55.7 Å². The van der Waals surface area contributed by atoms with Crippen molar-refractivity contribution >= 4 is 39.1 Å². The zero-order valence-corrected chi connectivity index (χ0v) is 24.5. The van der Waals surface area contributed by atoms with E-state index in [0.29, 0.717) is 11.4 Å². The highest BCUT2D eigenvalue weighted by atomic mass is 35.5. The van der Waals surface area contributed by atoms with Crippen molar-refractivity contribution in [3.05, 3.63) is 101 Å². The van der Waals surface area contributed by atoms with Crippen LogP contribution in [-0.2, 0) is 32.6 Å². The maximum absolute atomic E-state index is 14.4. The van der Waals surface area contributed by atoms with E-state index in [1.54, 1.807) is 30.3 Å². The largest absolute Gasteiger partial charge is 0.352 e. The molecule has 3 rings (SSSR count). The molecule has 0 bridgehead atoms. The van der Waals surface area contributed by atoms with Crippen LogP contribution in [0.4, 0.5) is 10.1 Å². The number of anilines is 1. The first-order chi connectivity index (χ1) is 19.0. The Morgan fingerprint density at radius 3 is 2.15 bits per heavy atom. The Hall–Kier alpha value is -3.43. The first kappa shape index (κ1) is 31.1. The van der Waals surface area contributed by atoms with E-state index >= 15 is 0 Å². The van der Waals surface area contributed by atoms with E-state index in [1.807, 2.05) is 44.2 Å². The summed E-state index contributed by atoms with van der Waals surface area (Å²) in [7, 11) is -3.80. The molecule has 1 N–H and O–H groups in total. The average molecular weight is 588 g/mol. The predicted molar refractivity (Wildman–Crippen MR) is 157 cm³/mol. The van der Waals surface area contributed by atoms with Crippen molar-refractivity contribution < 1.29 is 22.4 Å². The molecule has 0 aliphatic rings. The third kappa shape index (κ3) is 9.06. The van der Waals surface area contributed by atoms with Crippen molar-refractivity contribution in [1.29, 1.82) is 0 Å². The van der Waals surface area contributed by atoms with Crippen molar-refractivity contribution in [2.45, 2.75) is 51.7 Å². The summed E-state index contributed by atoms with van der Waals surface area (Å²) in [6, 6.07) is 21.1. The number of benzene rings is 3. The zero-order chi connectivity index (χ0) is 29.3. The van der Waals surface area contributed by atoms with Crippen LogP contribution >= 0.6 is 11.6 Å². The Morgan fingerprint density at radius 1 is 0.925 bits per heavy atom. The van der Waals surface area contributed by atoms with Gasteiger partial charge in [0.25, 0.3) is 0 Å². The number of amides is 2. The first-order valence-corrected chi connectivity index (χ1v) is 15.3. The lowest BCUT2D eigenvalue weighted by Crippen LogP contribution is -2.51. The van der Waals surface area contributed by atoms with Crippen molar-refractivity contribution in [2.24, 2.45) is 0 Å². The number of nitrogens with zero attached hydrogens (tertiary/aromatic N) is 2. The third-order valence-corrected chi connectivity index (χ3v) is 7.67. The van der Waals surface area contributed by atoms with Crippen molar-refractivity contribution in [3.8, 4) is 0 Å². The van der Waals surface area contributed by atoms with Gasteiger partial charge in [0.1, 0.15) is 11.9 Å². The summed E-state index contributed by atoms with van der Waals surface area (Å²) in [5.74, 6) is -1.28. The summed E-state index contributed by atoms with van der Waals surface area (Å²) in [6.07, 6.45) is 1.37. The molecule has 0 saturated carbocycles. The molecule has 3 aromatic carbocycles. The molecular weight excluding hydrogens is 553 g/mol. The summed E-state index contributed by atoms with van der Waals surface area (Å²) < 4.78 is 40.3. The lowest BCUT2D eigenvalue weighted by molar-refractivity contribution is -0.141. The SMILES string of the molecule is CC(C)NC(=O)[C@H](Cc1ccccc1)N(Cc1ccc(Cl)cc1)C(=O)CCCN(c1ccccc1F)S(C)(=O)=O. The molecule has 0 fully saturated rings. The van der Waals surface area contributed by atoms with Gasteiger partial charge in [-0.1, -0.05) is 66.2 Å². The molecule has 3 aromatic rings. The van der Waals surface area contributed by atoms with Crippen LogP contribution in [0.2, 0.25) is 5.02 Å². The van der Waals surface area contributed by atoms with Gasteiger partial charge in [-0.2, -0.15) is 0 Å². The van der Waals surface area contributed by atoms with Gasteiger partial charge in [0.15, 0.2) is 0 Å². The summed E-state index contributed by atoms with van der Waals surface area (Å²) in [6.45, 7) is 3.76. The maximum Gasteiger partial charge on any atom is 0.243 e. The lowest BCUT2D eigenvalue weighted by Gasteiger charge is -2.32. The highest BCUT2D eigenvalue weighted by Crippen LogP contribution is 2.23. The molecule has 7 nitrogen and oxygen atoms in total. The molecule has 0 spiro atoms. The van der Waals surface area contributed by atoms with Gasteiger partial charge in [-0.15, -0.1) is 0 Å². The molecule has 10 heteroatoms. The fraction of sp³-hybridized carbons (Fsp3) is 0.333. The monoisotopic (exact) mass is 587 g/mol. The highest BCUT2D eigenvalue weighted by molar-refractivity contribution is 7.92. The van der Waals surface area contributed by atoms with E-state index in [1.165, 1.54) is 23.1 Å². The van der Waals surface area contributed by atoms with Crippen LogP contribution in [0.5, 0.6) is 0 Å². The second kappa shape index (κ2) is 14.3. The van der Waals surface area contributed by atoms with E-state index in [-0.39, 0.29) is 49.5 Å². The minimum Gasteiger partial charge on any atom is -0.352 e. The van der Waals surface area contributed by atoms with Crippen LogP contribution in [0.25, 0.3) is 0 Å². The number of nitrogens with one attached hydrogen (secondary N) is 1. The summed E-state index contributed by atoms with van der Waals surface area (Å²) in [4.78, 5) is 28.7. The summed E-state index contributed by atoms with van der Waals surface area (Å²) in [5, 5.41) is 3.48. The standard InChI is InChI=1S/C30H35ClFN3O4S/c1-22(2)33-30(37)28(20-23-10-5-4-6-11-23)34(21-24-15-17-25(31)18-16-24)29(36)14-9-19-35(40(3,38)39)27-13-8-7-12-26(27)32/h4-8,10-13,15-18,22,28H,9,14,19-21H2,1-3H3,(H,33,37)/t28-/m0/s1. The highest BCUT2D eigenvalue weighted by Gasteiger charge is 2.31. The molecule has 2 amide bonds. The Balaban J connectivity index is 1.88. The molecule has 0 aliphatic heterocycles. The Labute approximate surface area is 241 Å². The number of para-hydroxylation sites is 1. The van der Waals surface area contributed by atoms with Crippen molar-refractivity contribution in [3.63, 3.8) is 0 Å². The number of hydrogen-bond donors (Lipinski definition) is 1. The Kier molecular flexibility index (Phi) is 11.1. The lowest BCUT2D eigenvalue weighted by atomic mass is 10.0. The van der Waals surface area contributed by atoms with Crippen molar-refractivity contribution in [1.82, 2.24) is 10.2 Å². The van der Waals surface area contributed by atoms with Gasteiger partial charge in [0.2, 0.25) is 21.8 Å². The molecule has 0 heterocycles. The van der Waals surface area contributed by atoms with Crippen LogP contribution in [0.3, 0.4) is 0 Å². The molecule has 40 heavy (non-hydrogen) atoms. The minimum absolute atomic E-state index is 0.0473. The second-order valence-corrected chi connectivity index (χ2v) is 12.3. The Bertz CT molecular complexity index is 1390. The minimum atomic E-state index is -3.80. The molecule has 0 unspecified atom stereocenters.